The molecule has 1 heterocycles. The first kappa shape index (κ1) is 13.1. The highest BCUT2D eigenvalue weighted by Crippen LogP contribution is 2.19. The van der Waals surface area contributed by atoms with Crippen LogP contribution in [0.25, 0.3) is 10.9 Å². The predicted molar refractivity (Wildman–Crippen MR) is 74.9 cm³/mol. The predicted octanol–water partition coefficient (Wildman–Crippen LogP) is 1.23. The number of aromatic nitrogens is 1. The third-order valence-electron chi connectivity index (χ3n) is 3.18. The van der Waals surface area contributed by atoms with Crippen LogP contribution in [0.2, 0.25) is 0 Å². The van der Waals surface area contributed by atoms with E-state index in [9.17, 15) is 9.59 Å². The Morgan fingerprint density at radius 1 is 1.32 bits per heavy atom. The van der Waals surface area contributed by atoms with Gasteiger partial charge in [-0.1, -0.05) is 0 Å². The van der Waals surface area contributed by atoms with Gasteiger partial charge < -0.3 is 14.6 Å². The average molecular weight is 260 g/mol. The van der Waals surface area contributed by atoms with Crippen LogP contribution in [0.4, 0.5) is 5.69 Å². The first-order valence-electron chi connectivity index (χ1n) is 5.92. The zero-order chi connectivity index (χ0) is 14.2. The van der Waals surface area contributed by atoms with Gasteiger partial charge in [-0.15, -0.1) is 0 Å². The molecule has 2 aromatic rings. The van der Waals surface area contributed by atoms with Crippen LogP contribution in [0.15, 0.2) is 29.1 Å². The molecule has 0 aliphatic carbocycles. The molecule has 0 fully saturated rings. The smallest absolute Gasteiger partial charge is 0.309 e. The maximum atomic E-state index is 12.1. The molecular formula is C14H16N2O3. The molecule has 1 aromatic heterocycles. The van der Waals surface area contributed by atoms with Crippen molar-refractivity contribution in [3.8, 4) is 0 Å². The zero-order valence-electron chi connectivity index (χ0n) is 11.2. The molecule has 0 saturated carbocycles. The zero-order valence-corrected chi connectivity index (χ0v) is 11.2. The third kappa shape index (κ3) is 2.45. The number of carboxylic acids is 1. The number of hydrogen-bond acceptors (Lipinski definition) is 3. The molecule has 0 bridgehead atoms. The summed E-state index contributed by atoms with van der Waals surface area (Å²) in [5, 5.41) is 9.45. The summed E-state index contributed by atoms with van der Waals surface area (Å²) in [5.41, 5.74) is 2.04. The van der Waals surface area contributed by atoms with E-state index in [1.54, 1.807) is 11.6 Å². The van der Waals surface area contributed by atoms with Crippen molar-refractivity contribution in [2.75, 3.05) is 19.0 Å². The Morgan fingerprint density at radius 2 is 2.00 bits per heavy atom. The average Bonchev–Trinajstić information content (AvgIpc) is 2.34. The van der Waals surface area contributed by atoms with Crippen molar-refractivity contribution < 1.29 is 9.90 Å². The van der Waals surface area contributed by atoms with E-state index in [-0.39, 0.29) is 11.8 Å². The van der Waals surface area contributed by atoms with Gasteiger partial charge in [0.15, 0.2) is 5.43 Å². The number of benzene rings is 1. The summed E-state index contributed by atoms with van der Waals surface area (Å²) in [7, 11) is 5.59. The van der Waals surface area contributed by atoms with Gasteiger partial charge in [0.25, 0.3) is 0 Å². The second-order valence-corrected chi connectivity index (χ2v) is 4.73. The molecule has 1 N–H and O–H groups in total. The van der Waals surface area contributed by atoms with Crippen LogP contribution < -0.4 is 10.3 Å². The van der Waals surface area contributed by atoms with Crippen LogP contribution in [0.1, 0.15) is 5.69 Å². The minimum Gasteiger partial charge on any atom is -0.481 e. The Kier molecular flexibility index (Phi) is 3.29. The summed E-state index contributed by atoms with van der Waals surface area (Å²) in [4.78, 5) is 24.8. The molecule has 0 spiro atoms. The number of aryl methyl sites for hydroxylation is 1. The van der Waals surface area contributed by atoms with Gasteiger partial charge >= 0.3 is 5.97 Å². The van der Waals surface area contributed by atoms with Crippen molar-refractivity contribution in [1.82, 2.24) is 4.57 Å². The molecule has 19 heavy (non-hydrogen) atoms. The summed E-state index contributed by atoms with van der Waals surface area (Å²) in [6.07, 6.45) is -0.156. The Balaban J connectivity index is 2.70. The van der Waals surface area contributed by atoms with E-state index < -0.39 is 5.97 Å². The van der Waals surface area contributed by atoms with Crippen LogP contribution >= 0.6 is 0 Å². The van der Waals surface area contributed by atoms with Gasteiger partial charge in [0, 0.05) is 44.0 Å². The maximum Gasteiger partial charge on any atom is 0.309 e. The molecule has 0 saturated heterocycles. The molecule has 5 nitrogen and oxygen atoms in total. The number of nitrogens with zero attached hydrogens (tertiary/aromatic N) is 2. The second kappa shape index (κ2) is 4.76. The number of aliphatic carboxylic acids is 1. The molecule has 5 heteroatoms. The normalized spacial score (nSPS) is 10.7. The van der Waals surface area contributed by atoms with Crippen LogP contribution in [0, 0.1) is 0 Å². The van der Waals surface area contributed by atoms with E-state index in [1.165, 1.54) is 6.07 Å². The molecule has 0 unspecified atom stereocenters. The van der Waals surface area contributed by atoms with Gasteiger partial charge in [-0.3, -0.25) is 9.59 Å². The van der Waals surface area contributed by atoms with E-state index in [1.807, 2.05) is 37.2 Å². The maximum absolute atomic E-state index is 12.1. The molecular weight excluding hydrogens is 244 g/mol. The van der Waals surface area contributed by atoms with Gasteiger partial charge in [0.05, 0.1) is 11.9 Å². The van der Waals surface area contributed by atoms with Crippen LogP contribution in [0.3, 0.4) is 0 Å². The van der Waals surface area contributed by atoms with Gasteiger partial charge in [-0.2, -0.15) is 0 Å². The van der Waals surface area contributed by atoms with Crippen molar-refractivity contribution in [1.29, 1.82) is 0 Å². The first-order chi connectivity index (χ1) is 8.90. The third-order valence-corrected chi connectivity index (χ3v) is 3.18. The minimum absolute atomic E-state index is 0.145. The van der Waals surface area contributed by atoms with Crippen molar-refractivity contribution in [2.45, 2.75) is 6.42 Å². The van der Waals surface area contributed by atoms with Crippen molar-refractivity contribution in [3.05, 3.63) is 40.2 Å². The molecule has 2 rings (SSSR count). The lowest BCUT2D eigenvalue weighted by Crippen LogP contribution is -2.16. The summed E-state index contributed by atoms with van der Waals surface area (Å²) < 4.78 is 1.75. The van der Waals surface area contributed by atoms with Crippen LogP contribution in [0.5, 0.6) is 0 Å². The highest BCUT2D eigenvalue weighted by atomic mass is 16.4. The Morgan fingerprint density at radius 3 is 2.58 bits per heavy atom. The highest BCUT2D eigenvalue weighted by molar-refractivity contribution is 5.83. The van der Waals surface area contributed by atoms with Crippen LogP contribution in [-0.4, -0.2) is 29.7 Å². The van der Waals surface area contributed by atoms with Gasteiger partial charge in [0.1, 0.15) is 0 Å². The van der Waals surface area contributed by atoms with Crippen molar-refractivity contribution in [2.24, 2.45) is 7.05 Å². The van der Waals surface area contributed by atoms with E-state index in [0.29, 0.717) is 11.1 Å². The number of anilines is 1. The lowest BCUT2D eigenvalue weighted by atomic mass is 10.1. The minimum atomic E-state index is -0.945. The van der Waals surface area contributed by atoms with Crippen molar-refractivity contribution in [3.63, 3.8) is 0 Å². The summed E-state index contributed by atoms with van der Waals surface area (Å²) in [6.45, 7) is 0. The molecule has 0 aliphatic rings. The Bertz CT molecular complexity index is 702. The number of pyridine rings is 1. The standard InChI is InChI=1S/C14H16N2O3/c1-15(2)9-4-5-12-11(6-9)13(17)7-10(16(12)3)8-14(18)19/h4-7H,8H2,1-3H3,(H,18,19). The summed E-state index contributed by atoms with van der Waals surface area (Å²) in [5.74, 6) is -0.945. The largest absolute Gasteiger partial charge is 0.481 e. The SMILES string of the molecule is CN(C)c1ccc2c(c1)c(=O)cc(CC(=O)O)n2C. The lowest BCUT2D eigenvalue weighted by molar-refractivity contribution is -0.136. The van der Waals surface area contributed by atoms with Crippen molar-refractivity contribution >= 4 is 22.6 Å². The molecule has 0 atom stereocenters. The quantitative estimate of drug-likeness (QED) is 0.901. The van der Waals surface area contributed by atoms with Crippen LogP contribution in [-0.2, 0) is 18.3 Å². The Labute approximate surface area is 110 Å². The highest BCUT2D eigenvalue weighted by Gasteiger charge is 2.10. The van der Waals surface area contributed by atoms with E-state index >= 15 is 0 Å². The van der Waals surface area contributed by atoms with Gasteiger partial charge in [0.2, 0.25) is 0 Å². The topological polar surface area (TPSA) is 62.5 Å². The van der Waals surface area contributed by atoms with Gasteiger partial charge in [-0.05, 0) is 18.2 Å². The fraction of sp³-hybridized carbons (Fsp3) is 0.286. The monoisotopic (exact) mass is 260 g/mol. The van der Waals surface area contributed by atoms with E-state index in [2.05, 4.69) is 0 Å². The molecule has 0 aliphatic heterocycles. The fourth-order valence-corrected chi connectivity index (χ4v) is 2.10. The molecule has 0 amide bonds. The molecule has 0 radical (unpaired) electrons. The molecule has 100 valence electrons. The molecule has 1 aromatic carbocycles. The Hall–Kier alpha value is -2.30. The number of hydrogen-bond donors (Lipinski definition) is 1. The number of fused-ring (bicyclic) bond motifs is 1. The lowest BCUT2D eigenvalue weighted by Gasteiger charge is -2.15. The summed E-state index contributed by atoms with van der Waals surface area (Å²) >= 11 is 0. The summed E-state index contributed by atoms with van der Waals surface area (Å²) in [6, 6.07) is 6.97. The second-order valence-electron chi connectivity index (χ2n) is 4.73. The van der Waals surface area contributed by atoms with E-state index in [0.717, 1.165) is 11.2 Å². The number of carbonyl (C=O) groups is 1. The van der Waals surface area contributed by atoms with Gasteiger partial charge in [-0.25, -0.2) is 0 Å². The number of rotatable bonds is 3. The van der Waals surface area contributed by atoms with E-state index in [4.69, 9.17) is 5.11 Å². The number of carboxylic acid groups (broad SMARTS) is 1. The first-order valence-corrected chi connectivity index (χ1v) is 5.92. The fourth-order valence-electron chi connectivity index (χ4n) is 2.10.